The van der Waals surface area contributed by atoms with E-state index >= 15 is 0 Å². The molecule has 0 saturated heterocycles. The fourth-order valence-corrected chi connectivity index (χ4v) is 9.30. The van der Waals surface area contributed by atoms with E-state index in [2.05, 4.69) is 95.6 Å². The second-order valence-electron chi connectivity index (χ2n) is 17.4. The lowest BCUT2D eigenvalue weighted by molar-refractivity contribution is 1.06. The van der Waals surface area contributed by atoms with Gasteiger partial charge in [-0.05, 0) is 52.6 Å². The summed E-state index contributed by atoms with van der Waals surface area (Å²) in [4.78, 5) is 30.8. The molecule has 0 unspecified atom stereocenters. The van der Waals surface area contributed by atoms with Crippen molar-refractivity contribution in [1.82, 2.24) is 34.5 Å². The molecular formula is C60H34B5N7. The first-order chi connectivity index (χ1) is 35.3. The third kappa shape index (κ3) is 8.01. The predicted molar refractivity (Wildman–Crippen MR) is 298 cm³/mol. The summed E-state index contributed by atoms with van der Waals surface area (Å²) in [7, 11) is 32.9. The molecule has 0 fully saturated rings. The van der Waals surface area contributed by atoms with Gasteiger partial charge < -0.3 is 4.57 Å². The molecule has 0 atom stereocenters. The van der Waals surface area contributed by atoms with Crippen LogP contribution in [0.25, 0.3) is 118 Å². The van der Waals surface area contributed by atoms with Gasteiger partial charge in [0.25, 0.3) is 0 Å². The van der Waals surface area contributed by atoms with Crippen LogP contribution in [0.15, 0.2) is 206 Å². The van der Waals surface area contributed by atoms with Crippen LogP contribution >= 0.6 is 0 Å². The molecule has 0 bridgehead atoms. The Labute approximate surface area is 423 Å². The molecule has 3 aromatic heterocycles. The van der Waals surface area contributed by atoms with Crippen molar-refractivity contribution in [3.05, 3.63) is 206 Å². The number of aromatic nitrogens is 7. The van der Waals surface area contributed by atoms with Crippen molar-refractivity contribution >= 4 is 88.4 Å². The number of hydrogen-bond donors (Lipinski definition) is 0. The number of rotatable bonds is 9. The maximum atomic E-state index is 6.78. The average molecular weight is 907 g/mol. The van der Waals surface area contributed by atoms with Gasteiger partial charge in [-0.1, -0.05) is 187 Å². The standard InChI is InChI=1S/C60H34B5N7/c61-50-49(51(62)53(64)54(65)52(50)63)60-70-57(39-24-14-5-15-25-39)69-59(71-60)45-32-42(58-67-55(37-20-10-3-11-21-37)66-56(68-58)38-22-12-4-13-23-38)28-31-46(45)72-47-33-40(35-16-6-1-7-17-35)26-29-43(47)44-30-27-41(34-48(44)72)36-18-8-2-9-19-36/h1-34H. The van der Waals surface area contributed by atoms with Crippen molar-refractivity contribution in [1.29, 1.82) is 0 Å². The molecule has 0 saturated carbocycles. The monoisotopic (exact) mass is 907 g/mol. The summed E-state index contributed by atoms with van der Waals surface area (Å²) in [5, 5.41) is 2.12. The summed E-state index contributed by atoms with van der Waals surface area (Å²) < 4.78 is 2.29. The Balaban J connectivity index is 1.20. The fourth-order valence-electron chi connectivity index (χ4n) is 9.30. The van der Waals surface area contributed by atoms with E-state index in [1.54, 1.807) is 0 Å². The van der Waals surface area contributed by atoms with Gasteiger partial charge in [0.15, 0.2) is 34.9 Å². The highest BCUT2D eigenvalue weighted by Crippen LogP contribution is 2.41. The molecular weight excluding hydrogens is 873 g/mol. The summed E-state index contributed by atoms with van der Waals surface area (Å²) in [6.45, 7) is 0. The highest BCUT2D eigenvalue weighted by Gasteiger charge is 2.24. The minimum atomic E-state index is 0.0783. The van der Waals surface area contributed by atoms with Gasteiger partial charge in [0.2, 0.25) is 0 Å². The Morgan fingerprint density at radius 1 is 0.264 bits per heavy atom. The fraction of sp³-hybridized carbons (Fsp3) is 0. The van der Waals surface area contributed by atoms with Crippen LogP contribution in [-0.2, 0) is 0 Å². The molecule has 0 aliphatic heterocycles. The quantitative estimate of drug-likeness (QED) is 0.135. The lowest BCUT2D eigenvalue weighted by Crippen LogP contribution is -2.55. The van der Waals surface area contributed by atoms with E-state index in [1.807, 2.05) is 115 Å². The van der Waals surface area contributed by atoms with Gasteiger partial charge in [0.05, 0.1) is 16.7 Å². The number of nitrogens with zero attached hydrogens (tertiary/aromatic N) is 7. The van der Waals surface area contributed by atoms with Gasteiger partial charge in [0, 0.05) is 44.2 Å². The van der Waals surface area contributed by atoms with Crippen molar-refractivity contribution in [3.63, 3.8) is 0 Å². The van der Waals surface area contributed by atoms with Gasteiger partial charge in [0.1, 0.15) is 39.2 Å². The SMILES string of the molecule is [B]c1c([B])c([B])c(-c2nc(-c3ccccc3)nc(-c3cc(-c4nc(-c5ccccc5)nc(-c5ccccc5)n4)ccc3-n3c4cc(-c5ccccc5)ccc4c4ccc(-c5ccccc5)cc43)n2)c([B])c1[B]. The minimum Gasteiger partial charge on any atom is -0.308 e. The molecule has 0 amide bonds. The molecule has 7 nitrogen and oxygen atoms in total. The maximum Gasteiger partial charge on any atom is 0.166 e. The molecule has 0 aliphatic rings. The Kier molecular flexibility index (Phi) is 11.4. The highest BCUT2D eigenvalue weighted by molar-refractivity contribution is 6.68. The Morgan fingerprint density at radius 3 is 1.03 bits per heavy atom. The van der Waals surface area contributed by atoms with Crippen LogP contribution in [-0.4, -0.2) is 73.7 Å². The van der Waals surface area contributed by atoms with Crippen LogP contribution < -0.4 is 27.3 Å². The Hall–Kier alpha value is -8.88. The highest BCUT2D eigenvalue weighted by atomic mass is 15.1. The van der Waals surface area contributed by atoms with E-state index < -0.39 is 0 Å². The van der Waals surface area contributed by atoms with Gasteiger partial charge in [-0.2, -0.15) is 0 Å². The zero-order chi connectivity index (χ0) is 48.9. The van der Waals surface area contributed by atoms with Gasteiger partial charge in [-0.3, -0.25) is 0 Å². The molecule has 12 rings (SSSR count). The lowest BCUT2D eigenvalue weighted by Gasteiger charge is -2.21. The van der Waals surface area contributed by atoms with Crippen LogP contribution in [0.2, 0.25) is 0 Å². The van der Waals surface area contributed by atoms with E-state index in [4.69, 9.17) is 69.1 Å². The first kappa shape index (κ1) is 44.3. The summed E-state index contributed by atoms with van der Waals surface area (Å²) in [5.41, 5.74) is 11.4. The summed E-state index contributed by atoms with van der Waals surface area (Å²) in [6.07, 6.45) is 0. The molecule has 0 N–H and O–H groups in total. The van der Waals surface area contributed by atoms with E-state index in [9.17, 15) is 0 Å². The number of hydrogen-bond acceptors (Lipinski definition) is 6. The van der Waals surface area contributed by atoms with Crippen LogP contribution in [0.4, 0.5) is 0 Å². The van der Waals surface area contributed by atoms with Crippen molar-refractivity contribution in [3.8, 4) is 96.3 Å². The molecule has 10 radical (unpaired) electrons. The van der Waals surface area contributed by atoms with Crippen LogP contribution in [0.1, 0.15) is 0 Å². The Morgan fingerprint density at radius 2 is 0.597 bits per heavy atom. The van der Waals surface area contributed by atoms with Crippen LogP contribution in [0, 0.1) is 0 Å². The number of benzene rings is 9. The average Bonchev–Trinajstić information content (AvgIpc) is 3.77. The molecule has 72 heavy (non-hydrogen) atoms. The van der Waals surface area contributed by atoms with E-state index in [-0.39, 0.29) is 38.7 Å². The van der Waals surface area contributed by atoms with Gasteiger partial charge in [-0.25, -0.2) is 29.9 Å². The number of fused-ring (bicyclic) bond motifs is 3. The molecule has 324 valence electrons. The second-order valence-corrected chi connectivity index (χ2v) is 17.4. The largest absolute Gasteiger partial charge is 0.308 e. The molecule has 0 aliphatic carbocycles. The van der Waals surface area contributed by atoms with Crippen LogP contribution in [0.5, 0.6) is 0 Å². The lowest BCUT2D eigenvalue weighted by atomic mass is 9.60. The van der Waals surface area contributed by atoms with Crippen molar-refractivity contribution in [2.45, 2.75) is 0 Å². The summed E-state index contributed by atoms with van der Waals surface area (Å²) in [5.74, 6) is 2.30. The minimum absolute atomic E-state index is 0.0783. The topological polar surface area (TPSA) is 82.3 Å². The van der Waals surface area contributed by atoms with E-state index in [0.29, 0.717) is 40.2 Å². The van der Waals surface area contributed by atoms with E-state index in [0.717, 1.165) is 66.4 Å². The van der Waals surface area contributed by atoms with Crippen molar-refractivity contribution in [2.24, 2.45) is 0 Å². The van der Waals surface area contributed by atoms with Crippen molar-refractivity contribution in [2.75, 3.05) is 0 Å². The third-order valence-electron chi connectivity index (χ3n) is 13.0. The summed E-state index contributed by atoms with van der Waals surface area (Å²) in [6, 6.07) is 69.5. The zero-order valence-corrected chi connectivity index (χ0v) is 38.6. The third-order valence-corrected chi connectivity index (χ3v) is 13.0. The smallest absolute Gasteiger partial charge is 0.166 e. The maximum absolute atomic E-state index is 6.78. The molecule has 0 spiro atoms. The zero-order valence-electron chi connectivity index (χ0n) is 38.6. The van der Waals surface area contributed by atoms with Crippen molar-refractivity contribution < 1.29 is 0 Å². The first-order valence-corrected chi connectivity index (χ1v) is 23.3. The molecule has 12 heteroatoms. The van der Waals surface area contributed by atoms with E-state index in [1.165, 1.54) is 0 Å². The molecule has 3 heterocycles. The van der Waals surface area contributed by atoms with Crippen LogP contribution in [0.3, 0.4) is 0 Å². The molecule has 9 aromatic carbocycles. The normalized spacial score (nSPS) is 11.3. The Bertz CT molecular complexity index is 3840. The van der Waals surface area contributed by atoms with Gasteiger partial charge in [-0.15, -0.1) is 16.4 Å². The predicted octanol–water partition coefficient (Wildman–Crippen LogP) is 8.46. The second kappa shape index (κ2) is 18.5. The summed E-state index contributed by atoms with van der Waals surface area (Å²) >= 11 is 0. The van der Waals surface area contributed by atoms with Gasteiger partial charge >= 0.3 is 0 Å². The molecule has 12 aromatic rings. The first-order valence-electron chi connectivity index (χ1n) is 23.3.